The van der Waals surface area contributed by atoms with Gasteiger partial charge in [-0.05, 0) is 42.4 Å². The molecule has 126 valence electrons. The number of rotatable bonds is 7. The van der Waals surface area contributed by atoms with Crippen molar-refractivity contribution in [2.24, 2.45) is 17.8 Å². The lowest BCUT2D eigenvalue weighted by Crippen LogP contribution is -2.24. The average Bonchev–Trinajstić information content (AvgIpc) is 3.29. The van der Waals surface area contributed by atoms with Crippen LogP contribution in [0.5, 0.6) is 5.75 Å². The highest BCUT2D eigenvalue weighted by atomic mass is 16.5. The van der Waals surface area contributed by atoms with E-state index in [0.717, 1.165) is 24.4 Å². The number of ether oxygens (including phenoxy) is 2. The molecule has 0 bridgehead atoms. The molecular weight excluding hydrogens is 294 g/mol. The highest BCUT2D eigenvalue weighted by Crippen LogP contribution is 2.44. The Kier molecular flexibility index (Phi) is 4.87. The predicted molar refractivity (Wildman–Crippen MR) is 86.3 cm³/mol. The topological polar surface area (TPSA) is 59.0 Å². The summed E-state index contributed by atoms with van der Waals surface area (Å²) in [7, 11) is 3.33. The normalized spacial score (nSPS) is 24.8. The third kappa shape index (κ3) is 3.67. The highest BCUT2D eigenvalue weighted by molar-refractivity contribution is 5.71. The van der Waals surface area contributed by atoms with E-state index in [4.69, 9.17) is 9.47 Å². The molecule has 0 aromatic heterocycles. The molecule has 1 N–H and O–H groups in total. The summed E-state index contributed by atoms with van der Waals surface area (Å²) >= 11 is 0. The van der Waals surface area contributed by atoms with Gasteiger partial charge < -0.3 is 14.6 Å². The third-order valence-electron chi connectivity index (χ3n) is 5.04. The molecule has 2 aliphatic rings. The van der Waals surface area contributed by atoms with E-state index in [1.165, 1.54) is 18.4 Å². The second-order valence-corrected chi connectivity index (χ2v) is 6.72. The molecule has 1 aliphatic heterocycles. The van der Waals surface area contributed by atoms with Gasteiger partial charge in [-0.15, -0.1) is 0 Å². The summed E-state index contributed by atoms with van der Waals surface area (Å²) in [4.78, 5) is 13.8. The molecule has 1 heterocycles. The van der Waals surface area contributed by atoms with Crippen molar-refractivity contribution in [1.82, 2.24) is 4.90 Å². The summed E-state index contributed by atoms with van der Waals surface area (Å²) in [6.45, 7) is 2.85. The lowest BCUT2D eigenvalue weighted by atomic mass is 9.92. The zero-order valence-electron chi connectivity index (χ0n) is 13.8. The fourth-order valence-electron chi connectivity index (χ4n) is 3.76. The van der Waals surface area contributed by atoms with Gasteiger partial charge >= 0.3 is 5.97 Å². The van der Waals surface area contributed by atoms with Gasteiger partial charge in [0.15, 0.2) is 0 Å². The Balaban J connectivity index is 1.69. The van der Waals surface area contributed by atoms with Crippen LogP contribution in [-0.2, 0) is 22.7 Å². The molecule has 5 heteroatoms. The molecule has 1 aromatic carbocycles. The predicted octanol–water partition coefficient (Wildman–Crippen LogP) is 2.38. The SMILES string of the molecule is COCc1cc(CN2C[C@H](C(=O)O)[C@@H](C3CC3)C2)ccc1OC. The molecule has 1 aliphatic carbocycles. The van der Waals surface area contributed by atoms with Gasteiger partial charge in [-0.3, -0.25) is 9.69 Å². The van der Waals surface area contributed by atoms with Crippen molar-refractivity contribution in [3.63, 3.8) is 0 Å². The first kappa shape index (κ1) is 16.3. The van der Waals surface area contributed by atoms with Gasteiger partial charge in [0.1, 0.15) is 5.75 Å². The molecule has 0 radical (unpaired) electrons. The van der Waals surface area contributed by atoms with Crippen LogP contribution in [0.15, 0.2) is 18.2 Å². The average molecular weight is 319 g/mol. The van der Waals surface area contributed by atoms with Gasteiger partial charge in [0.2, 0.25) is 0 Å². The Morgan fingerprint density at radius 3 is 2.70 bits per heavy atom. The van der Waals surface area contributed by atoms with E-state index in [-0.39, 0.29) is 5.92 Å². The summed E-state index contributed by atoms with van der Waals surface area (Å²) < 4.78 is 10.6. The Morgan fingerprint density at radius 2 is 2.09 bits per heavy atom. The van der Waals surface area contributed by atoms with Crippen LogP contribution >= 0.6 is 0 Å². The summed E-state index contributed by atoms with van der Waals surface area (Å²) in [6.07, 6.45) is 2.39. The molecule has 3 rings (SSSR count). The number of carboxylic acid groups (broad SMARTS) is 1. The van der Waals surface area contributed by atoms with Crippen molar-refractivity contribution in [3.8, 4) is 5.75 Å². The number of hydrogen-bond acceptors (Lipinski definition) is 4. The van der Waals surface area contributed by atoms with Crippen LogP contribution in [-0.4, -0.2) is 43.3 Å². The summed E-state index contributed by atoms with van der Waals surface area (Å²) in [6, 6.07) is 6.12. The minimum atomic E-state index is -0.640. The van der Waals surface area contributed by atoms with Crippen molar-refractivity contribution in [1.29, 1.82) is 0 Å². The quantitative estimate of drug-likeness (QED) is 0.836. The number of aliphatic carboxylic acids is 1. The molecule has 2 atom stereocenters. The maximum Gasteiger partial charge on any atom is 0.308 e. The Bertz CT molecular complexity index is 570. The minimum Gasteiger partial charge on any atom is -0.496 e. The summed E-state index contributed by atoms with van der Waals surface area (Å²) in [5.41, 5.74) is 2.21. The molecule has 0 unspecified atom stereocenters. The van der Waals surface area contributed by atoms with Gasteiger partial charge in [-0.1, -0.05) is 6.07 Å². The van der Waals surface area contributed by atoms with Crippen molar-refractivity contribution in [3.05, 3.63) is 29.3 Å². The Labute approximate surface area is 137 Å². The van der Waals surface area contributed by atoms with Crippen LogP contribution in [0.4, 0.5) is 0 Å². The monoisotopic (exact) mass is 319 g/mol. The van der Waals surface area contributed by atoms with Crippen LogP contribution in [0, 0.1) is 17.8 Å². The molecule has 1 saturated carbocycles. The smallest absolute Gasteiger partial charge is 0.308 e. The molecular formula is C18H25NO4. The number of carboxylic acids is 1. The molecule has 0 amide bonds. The molecule has 2 fully saturated rings. The van der Waals surface area contributed by atoms with Gasteiger partial charge in [0, 0.05) is 32.3 Å². The highest BCUT2D eigenvalue weighted by Gasteiger charge is 2.45. The van der Waals surface area contributed by atoms with E-state index in [1.807, 2.05) is 6.07 Å². The number of hydrogen-bond donors (Lipinski definition) is 1. The first-order chi connectivity index (χ1) is 11.1. The second kappa shape index (κ2) is 6.89. The minimum absolute atomic E-state index is 0.209. The molecule has 1 saturated heterocycles. The van der Waals surface area contributed by atoms with Gasteiger partial charge in [0.25, 0.3) is 0 Å². The molecule has 5 nitrogen and oxygen atoms in total. The van der Waals surface area contributed by atoms with Crippen LogP contribution < -0.4 is 4.74 Å². The summed E-state index contributed by atoms with van der Waals surface area (Å²) in [5, 5.41) is 9.47. The van der Waals surface area contributed by atoms with Crippen molar-refractivity contribution in [2.45, 2.75) is 26.0 Å². The largest absolute Gasteiger partial charge is 0.496 e. The lowest BCUT2D eigenvalue weighted by molar-refractivity contribution is -0.142. The van der Waals surface area contributed by atoms with E-state index >= 15 is 0 Å². The van der Waals surface area contributed by atoms with Gasteiger partial charge in [0.05, 0.1) is 19.6 Å². The van der Waals surface area contributed by atoms with Crippen molar-refractivity contribution in [2.75, 3.05) is 27.3 Å². The maximum atomic E-state index is 11.5. The van der Waals surface area contributed by atoms with Gasteiger partial charge in [-0.25, -0.2) is 0 Å². The number of likely N-dealkylation sites (tertiary alicyclic amines) is 1. The van der Waals surface area contributed by atoms with Crippen molar-refractivity contribution >= 4 is 5.97 Å². The zero-order valence-corrected chi connectivity index (χ0v) is 13.8. The lowest BCUT2D eigenvalue weighted by Gasteiger charge is -2.17. The second-order valence-electron chi connectivity index (χ2n) is 6.72. The molecule has 0 spiro atoms. The number of nitrogens with zero attached hydrogens (tertiary/aromatic N) is 1. The van der Waals surface area contributed by atoms with E-state index in [1.54, 1.807) is 14.2 Å². The zero-order chi connectivity index (χ0) is 16.4. The van der Waals surface area contributed by atoms with Crippen LogP contribution in [0.25, 0.3) is 0 Å². The maximum absolute atomic E-state index is 11.5. The summed E-state index contributed by atoms with van der Waals surface area (Å²) in [5.74, 6) is 0.930. The number of carbonyl (C=O) groups is 1. The van der Waals surface area contributed by atoms with Crippen LogP contribution in [0.3, 0.4) is 0 Å². The first-order valence-corrected chi connectivity index (χ1v) is 8.22. The Hall–Kier alpha value is -1.59. The fourth-order valence-corrected chi connectivity index (χ4v) is 3.76. The van der Waals surface area contributed by atoms with Crippen LogP contribution in [0.2, 0.25) is 0 Å². The van der Waals surface area contributed by atoms with Crippen LogP contribution in [0.1, 0.15) is 24.0 Å². The van der Waals surface area contributed by atoms with E-state index in [9.17, 15) is 9.90 Å². The Morgan fingerprint density at radius 1 is 1.30 bits per heavy atom. The van der Waals surface area contributed by atoms with Crippen molar-refractivity contribution < 1.29 is 19.4 Å². The van der Waals surface area contributed by atoms with Gasteiger partial charge in [-0.2, -0.15) is 0 Å². The van der Waals surface area contributed by atoms with E-state index in [2.05, 4.69) is 17.0 Å². The first-order valence-electron chi connectivity index (χ1n) is 8.22. The third-order valence-corrected chi connectivity index (χ3v) is 5.04. The number of methoxy groups -OCH3 is 2. The van der Waals surface area contributed by atoms with E-state index < -0.39 is 5.97 Å². The fraction of sp³-hybridized carbons (Fsp3) is 0.611. The van der Waals surface area contributed by atoms with E-state index in [0.29, 0.717) is 25.0 Å². The number of benzene rings is 1. The molecule has 1 aromatic rings. The molecule has 23 heavy (non-hydrogen) atoms. The standard InChI is InChI=1S/C18H25NO4/c1-22-11-14-7-12(3-6-17(14)23-2)8-19-9-15(13-4-5-13)16(10-19)18(20)21/h3,6-7,13,15-16H,4-5,8-11H2,1-2H3,(H,20,21)/t15-,16+/m1/s1.